The van der Waals surface area contributed by atoms with E-state index in [4.69, 9.17) is 9.15 Å². The molecule has 1 saturated heterocycles. The second kappa shape index (κ2) is 13.7. The number of hydrogen-bond donors (Lipinski definition) is 3. The highest BCUT2D eigenvalue weighted by Crippen LogP contribution is 2.27. The Labute approximate surface area is 232 Å². The van der Waals surface area contributed by atoms with Crippen molar-refractivity contribution in [2.45, 2.75) is 65.2 Å². The van der Waals surface area contributed by atoms with Crippen LogP contribution in [0.1, 0.15) is 63.3 Å². The van der Waals surface area contributed by atoms with Gasteiger partial charge in [-0.15, -0.1) is 0 Å². The van der Waals surface area contributed by atoms with Crippen LogP contribution in [0.15, 0.2) is 52.4 Å². The van der Waals surface area contributed by atoms with E-state index in [-0.39, 0.29) is 42.3 Å². The number of fused-ring (bicyclic) bond motifs is 3. The van der Waals surface area contributed by atoms with Gasteiger partial charge in [0.25, 0.3) is 5.91 Å². The minimum absolute atomic E-state index is 0.0574. The van der Waals surface area contributed by atoms with Gasteiger partial charge in [0.15, 0.2) is 16.4 Å². The Morgan fingerprint density at radius 2 is 2.00 bits per heavy atom. The van der Waals surface area contributed by atoms with E-state index in [2.05, 4.69) is 15.3 Å². The van der Waals surface area contributed by atoms with Crippen LogP contribution in [0.25, 0.3) is 10.7 Å². The highest BCUT2D eigenvalue weighted by Gasteiger charge is 2.39. The second-order valence-corrected chi connectivity index (χ2v) is 10.3. The fourth-order valence-corrected chi connectivity index (χ4v) is 4.69. The number of nitrogens with zero attached hydrogens (tertiary/aromatic N) is 4. The first-order valence-corrected chi connectivity index (χ1v) is 13.2. The summed E-state index contributed by atoms with van der Waals surface area (Å²) in [7, 11) is 0. The van der Waals surface area contributed by atoms with Crippen molar-refractivity contribution in [1.29, 1.82) is 5.39 Å². The van der Waals surface area contributed by atoms with Gasteiger partial charge < -0.3 is 29.6 Å². The fourth-order valence-electron chi connectivity index (χ4n) is 4.69. The summed E-state index contributed by atoms with van der Waals surface area (Å²) in [5.74, 6) is -2.63. The Morgan fingerprint density at radius 3 is 2.70 bits per heavy atom. The largest absolute Gasteiger partial charge is 0.505 e. The highest BCUT2D eigenvalue weighted by molar-refractivity contribution is 5.95. The first-order valence-electron chi connectivity index (χ1n) is 13.2. The van der Waals surface area contributed by atoms with Gasteiger partial charge >= 0.3 is 17.6 Å². The molecule has 2 aliphatic heterocycles. The Kier molecular flexibility index (Phi) is 10.4. The molecule has 3 N–H and O–H groups in total. The van der Waals surface area contributed by atoms with Crippen LogP contribution in [-0.2, 0) is 14.3 Å². The molecular formula is C28H36N5O7+. The zero-order valence-corrected chi connectivity index (χ0v) is 23.1. The number of nitrogens with one attached hydrogen (secondary N) is 1. The van der Waals surface area contributed by atoms with Crippen molar-refractivity contribution >= 4 is 23.5 Å². The Morgan fingerprint density at radius 1 is 1.25 bits per heavy atom. The maximum Gasteiger partial charge on any atom is 0.483 e. The van der Waals surface area contributed by atoms with E-state index in [0.29, 0.717) is 25.0 Å². The van der Waals surface area contributed by atoms with Gasteiger partial charge in [0, 0.05) is 25.4 Å². The van der Waals surface area contributed by atoms with Crippen LogP contribution in [0.5, 0.6) is 0 Å². The summed E-state index contributed by atoms with van der Waals surface area (Å²) in [4.78, 5) is 47.2. The lowest BCUT2D eigenvalue weighted by Crippen LogP contribution is -2.44. The number of esters is 1. The van der Waals surface area contributed by atoms with E-state index in [1.165, 1.54) is 17.1 Å². The molecule has 2 aliphatic rings. The number of amides is 2. The predicted octanol–water partition coefficient (Wildman–Crippen LogP) is 3.50. The molecule has 2 amide bonds. The third-order valence-corrected chi connectivity index (χ3v) is 6.70. The standard InChI is InChI=1S/C28H35N5O7/c1-16(2)25-18(4)9-10-23(36)30-11-5-7-17(3)13-19(34)14-22(35)24(32-29)26-31-20(15-39-26)27(37)33-12-6-8-21(33)28(38)40-25/h5,7,9-10,13,15-16,18-19,21,25,34H,6,8,11-12,14H2,1-4H3,(H-,30,31,35,36)/p+1/b7-5-,10-9-,17-13-/t18-,19-,21-,25-/m1/s1. The minimum atomic E-state index is -1.15. The number of ether oxygens (including phenoxy) is 1. The van der Waals surface area contributed by atoms with Gasteiger partial charge in [-0.05, 0) is 31.8 Å². The number of allylic oxidation sites excluding steroid dienone is 2. The zero-order valence-electron chi connectivity index (χ0n) is 23.1. The van der Waals surface area contributed by atoms with Crippen molar-refractivity contribution < 1.29 is 33.8 Å². The third-order valence-electron chi connectivity index (χ3n) is 6.70. The number of aliphatic hydroxyl groups is 2. The average Bonchev–Trinajstić information content (AvgIpc) is 3.58. The van der Waals surface area contributed by atoms with E-state index >= 15 is 0 Å². The monoisotopic (exact) mass is 554 g/mol. The number of rotatable bonds is 1. The van der Waals surface area contributed by atoms with Gasteiger partial charge in [0.05, 0.1) is 6.10 Å². The van der Waals surface area contributed by atoms with Crippen LogP contribution in [0.3, 0.4) is 0 Å². The van der Waals surface area contributed by atoms with Crippen molar-refractivity contribution in [3.63, 3.8) is 0 Å². The fraction of sp³-hybridized carbons (Fsp3) is 0.500. The number of diazo groups is 1. The normalized spacial score (nSPS) is 30.5. The molecule has 1 aromatic rings. The number of cyclic esters (lactones) is 1. The topological polar surface area (TPSA) is 170 Å². The molecule has 40 heavy (non-hydrogen) atoms. The van der Waals surface area contributed by atoms with E-state index in [1.807, 2.05) is 20.8 Å². The molecule has 3 heterocycles. The van der Waals surface area contributed by atoms with Gasteiger partial charge in [-0.2, -0.15) is 4.98 Å². The number of aliphatic hydroxyl groups excluding tert-OH is 2. The number of carbonyl (C=O) groups is 3. The lowest BCUT2D eigenvalue weighted by atomic mass is 9.94. The molecule has 0 radical (unpaired) electrons. The maximum atomic E-state index is 13.3. The van der Waals surface area contributed by atoms with E-state index in [9.17, 15) is 30.0 Å². The predicted molar refractivity (Wildman–Crippen MR) is 145 cm³/mol. The Bertz CT molecular complexity index is 1270. The SMILES string of the molecule is CC1=C/[C@@H](O)C/C(O)=C(/[N+]#N)c2nc(co2)C(=O)N2CCC[C@@H]2C(=O)O[C@H](C(C)C)[C@H](C)/C=C\C(=O)NC/C=C\1. The summed E-state index contributed by atoms with van der Waals surface area (Å²) < 4.78 is 11.2. The molecule has 1 fully saturated rings. The molecule has 1 aromatic heterocycles. The van der Waals surface area contributed by atoms with Gasteiger partial charge in [-0.3, -0.25) is 9.59 Å². The lowest BCUT2D eigenvalue weighted by Gasteiger charge is -2.29. The molecule has 0 aromatic carbocycles. The molecule has 2 bridgehead atoms. The summed E-state index contributed by atoms with van der Waals surface area (Å²) in [5.41, 5.74) is 0.0657. The van der Waals surface area contributed by atoms with Crippen molar-refractivity contribution in [2.24, 2.45) is 11.8 Å². The molecule has 0 saturated carbocycles. The number of hydrogen-bond acceptors (Lipinski definition) is 9. The van der Waals surface area contributed by atoms with Crippen LogP contribution >= 0.6 is 0 Å². The van der Waals surface area contributed by atoms with Crippen molar-refractivity contribution in [3.05, 3.63) is 64.5 Å². The highest BCUT2D eigenvalue weighted by atomic mass is 16.5. The molecule has 12 heteroatoms. The van der Waals surface area contributed by atoms with Crippen LogP contribution in [0, 0.1) is 17.2 Å². The molecule has 12 nitrogen and oxygen atoms in total. The molecule has 214 valence electrons. The first kappa shape index (κ1) is 30.3. The molecule has 4 atom stereocenters. The quantitative estimate of drug-likeness (QED) is 0.347. The summed E-state index contributed by atoms with van der Waals surface area (Å²) in [6.45, 7) is 7.93. The summed E-state index contributed by atoms with van der Waals surface area (Å²) in [6.07, 6.45) is 7.98. The van der Waals surface area contributed by atoms with Crippen molar-refractivity contribution in [2.75, 3.05) is 13.1 Å². The average molecular weight is 555 g/mol. The lowest BCUT2D eigenvalue weighted by molar-refractivity contribution is -0.158. The van der Waals surface area contributed by atoms with Crippen molar-refractivity contribution in [3.8, 4) is 0 Å². The third kappa shape index (κ3) is 7.66. The van der Waals surface area contributed by atoms with E-state index in [1.54, 1.807) is 25.2 Å². The molecule has 0 spiro atoms. The number of oxazole rings is 1. The van der Waals surface area contributed by atoms with E-state index in [0.717, 1.165) is 6.26 Å². The van der Waals surface area contributed by atoms with Gasteiger partial charge in [0.1, 0.15) is 18.4 Å². The van der Waals surface area contributed by atoms with Gasteiger partial charge in [-0.1, -0.05) is 50.6 Å². The second-order valence-electron chi connectivity index (χ2n) is 10.3. The minimum Gasteiger partial charge on any atom is -0.505 e. The van der Waals surface area contributed by atoms with Crippen LogP contribution in [-0.4, -0.2) is 69.2 Å². The zero-order chi connectivity index (χ0) is 29.4. The van der Waals surface area contributed by atoms with Crippen LogP contribution in [0.2, 0.25) is 0 Å². The van der Waals surface area contributed by atoms with Crippen LogP contribution in [0.4, 0.5) is 0 Å². The number of aromatic nitrogens is 1. The maximum absolute atomic E-state index is 13.3. The van der Waals surface area contributed by atoms with Crippen molar-refractivity contribution in [1.82, 2.24) is 15.2 Å². The van der Waals surface area contributed by atoms with E-state index < -0.39 is 41.6 Å². The summed E-state index contributed by atoms with van der Waals surface area (Å²) in [6, 6.07) is -0.835. The molecule has 0 aliphatic carbocycles. The van der Waals surface area contributed by atoms with Crippen LogP contribution < -0.4 is 5.32 Å². The Hall–Kier alpha value is -4.24. The summed E-state index contributed by atoms with van der Waals surface area (Å²) >= 11 is 0. The molecule has 3 rings (SSSR count). The Balaban J connectivity index is 1.96. The van der Waals surface area contributed by atoms with Gasteiger partial charge in [-0.25, -0.2) is 4.79 Å². The molecular weight excluding hydrogens is 518 g/mol. The summed E-state index contributed by atoms with van der Waals surface area (Å²) in [5, 5.41) is 33.1. The smallest absolute Gasteiger partial charge is 0.483 e. The molecule has 0 unspecified atom stereocenters. The first-order chi connectivity index (χ1) is 19.0. The number of carbonyl (C=O) groups excluding carboxylic acids is 3. The van der Waals surface area contributed by atoms with Gasteiger partial charge in [0.2, 0.25) is 11.3 Å².